The van der Waals surface area contributed by atoms with Crippen LogP contribution in [0.15, 0.2) is 11.1 Å². The van der Waals surface area contributed by atoms with Crippen LogP contribution in [0.1, 0.15) is 38.5 Å². The number of carbonyl (C=O) groups is 2. The third-order valence-corrected chi connectivity index (χ3v) is 5.22. The van der Waals surface area contributed by atoms with E-state index >= 15 is 0 Å². The molecule has 0 amide bonds. The van der Waals surface area contributed by atoms with Gasteiger partial charge < -0.3 is 5.11 Å². The molecule has 4 nitrogen and oxygen atoms in total. The van der Waals surface area contributed by atoms with Crippen molar-refractivity contribution in [3.8, 4) is 6.07 Å². The Morgan fingerprint density at radius 1 is 1.16 bits per heavy atom. The molecule has 3 rings (SSSR count). The number of Topliss-reactive ketones (excluding diaryl/α,β-unsaturated/α-hetero) is 1. The smallest absolute Gasteiger partial charge is 0.346 e. The molecule has 0 bridgehead atoms. The molecule has 0 spiro atoms. The average Bonchev–Trinajstić information content (AvgIpc) is 2.68. The topological polar surface area (TPSA) is 78.2 Å². The molecular weight excluding hydrogens is 242 g/mol. The quantitative estimate of drug-likeness (QED) is 0.579. The third-order valence-electron chi connectivity index (χ3n) is 5.22. The van der Waals surface area contributed by atoms with Gasteiger partial charge >= 0.3 is 5.97 Å². The van der Waals surface area contributed by atoms with Crippen molar-refractivity contribution in [2.75, 3.05) is 0 Å². The van der Waals surface area contributed by atoms with Crippen molar-refractivity contribution >= 4 is 11.8 Å². The number of aliphatic carboxylic acids is 1. The maximum Gasteiger partial charge on any atom is 0.346 e. The van der Waals surface area contributed by atoms with Gasteiger partial charge in [0.1, 0.15) is 11.6 Å². The number of rotatable bonds is 1. The molecule has 0 aromatic heterocycles. The molecule has 0 aliphatic heterocycles. The van der Waals surface area contributed by atoms with Gasteiger partial charge in [-0.15, -0.1) is 0 Å². The zero-order chi connectivity index (χ0) is 13.6. The number of nitriles is 1. The summed E-state index contributed by atoms with van der Waals surface area (Å²) < 4.78 is 0. The van der Waals surface area contributed by atoms with Crippen LogP contribution in [0.3, 0.4) is 0 Å². The minimum Gasteiger partial charge on any atom is -0.477 e. The van der Waals surface area contributed by atoms with Crippen molar-refractivity contribution in [3.63, 3.8) is 0 Å². The Bertz CT molecular complexity index is 512. The number of ketones is 1. The van der Waals surface area contributed by atoms with E-state index in [1.54, 1.807) is 6.07 Å². The van der Waals surface area contributed by atoms with Gasteiger partial charge in [0.15, 0.2) is 5.78 Å². The second kappa shape index (κ2) is 4.48. The molecule has 0 saturated heterocycles. The average molecular weight is 259 g/mol. The van der Waals surface area contributed by atoms with Crippen LogP contribution in [0.4, 0.5) is 0 Å². The maximum absolute atomic E-state index is 12.5. The van der Waals surface area contributed by atoms with E-state index in [0.717, 1.165) is 38.5 Å². The lowest BCUT2D eigenvalue weighted by Gasteiger charge is -2.39. The van der Waals surface area contributed by atoms with Gasteiger partial charge in [-0.2, -0.15) is 5.26 Å². The molecule has 0 heterocycles. The van der Waals surface area contributed by atoms with Gasteiger partial charge in [0, 0.05) is 11.5 Å². The number of hydrogen-bond acceptors (Lipinski definition) is 3. The Balaban J connectivity index is 2.10. The molecular formula is C15H17NO3. The molecule has 0 aromatic rings. The highest BCUT2D eigenvalue weighted by atomic mass is 16.4. The van der Waals surface area contributed by atoms with E-state index < -0.39 is 5.97 Å². The van der Waals surface area contributed by atoms with E-state index in [4.69, 9.17) is 10.4 Å². The molecule has 4 atom stereocenters. The standard InChI is InChI=1S/C15H17NO3/c16-7-11(15(18)19)13-9-5-1-3-8-4-2-6-10(12(8)9)14(13)17/h8-10,12H,1-6H2,(H,18,19)/b13-11-. The molecule has 100 valence electrons. The minimum atomic E-state index is -1.24. The number of allylic oxidation sites excluding steroid dienone is 1. The van der Waals surface area contributed by atoms with E-state index in [0.29, 0.717) is 17.4 Å². The van der Waals surface area contributed by atoms with Crippen molar-refractivity contribution in [2.24, 2.45) is 23.7 Å². The van der Waals surface area contributed by atoms with Crippen molar-refractivity contribution in [1.29, 1.82) is 5.26 Å². The summed E-state index contributed by atoms with van der Waals surface area (Å²) in [7, 11) is 0. The summed E-state index contributed by atoms with van der Waals surface area (Å²) in [5.41, 5.74) is 0.0432. The summed E-state index contributed by atoms with van der Waals surface area (Å²) in [6.07, 6.45) is 6.18. The van der Waals surface area contributed by atoms with Crippen LogP contribution in [0, 0.1) is 35.0 Å². The zero-order valence-corrected chi connectivity index (χ0v) is 10.8. The van der Waals surface area contributed by atoms with Gasteiger partial charge in [0.05, 0.1) is 0 Å². The summed E-state index contributed by atoms with van der Waals surface area (Å²) in [5.74, 6) is -0.392. The van der Waals surface area contributed by atoms with Gasteiger partial charge in [0.25, 0.3) is 0 Å². The monoisotopic (exact) mass is 259 g/mol. The molecule has 3 saturated carbocycles. The lowest BCUT2D eigenvalue weighted by molar-refractivity contribution is -0.132. The number of carbonyl (C=O) groups excluding carboxylic acids is 1. The predicted octanol–water partition coefficient (Wildman–Crippen LogP) is 2.31. The van der Waals surface area contributed by atoms with Crippen molar-refractivity contribution in [2.45, 2.75) is 38.5 Å². The molecule has 0 radical (unpaired) electrons. The fourth-order valence-electron chi connectivity index (χ4n) is 4.61. The second-order valence-electron chi connectivity index (χ2n) is 5.98. The van der Waals surface area contributed by atoms with Crippen LogP contribution in [-0.4, -0.2) is 16.9 Å². The Morgan fingerprint density at radius 3 is 2.37 bits per heavy atom. The number of carboxylic acids is 1. The molecule has 0 aromatic carbocycles. The first kappa shape index (κ1) is 12.4. The van der Waals surface area contributed by atoms with Crippen molar-refractivity contribution < 1.29 is 14.7 Å². The predicted molar refractivity (Wildman–Crippen MR) is 66.9 cm³/mol. The number of nitrogens with zero attached hydrogens (tertiary/aromatic N) is 1. The highest BCUT2D eigenvalue weighted by molar-refractivity contribution is 6.08. The van der Waals surface area contributed by atoms with Gasteiger partial charge in [-0.3, -0.25) is 4.79 Å². The summed E-state index contributed by atoms with van der Waals surface area (Å²) >= 11 is 0. The Morgan fingerprint density at radius 2 is 1.79 bits per heavy atom. The van der Waals surface area contributed by atoms with Crippen molar-refractivity contribution in [3.05, 3.63) is 11.1 Å². The fraction of sp³-hybridized carbons (Fsp3) is 0.667. The van der Waals surface area contributed by atoms with Crippen LogP contribution in [-0.2, 0) is 9.59 Å². The van der Waals surface area contributed by atoms with E-state index in [2.05, 4.69) is 0 Å². The Labute approximate surface area is 112 Å². The van der Waals surface area contributed by atoms with Crippen LogP contribution >= 0.6 is 0 Å². The van der Waals surface area contributed by atoms with Crippen LogP contribution in [0.25, 0.3) is 0 Å². The SMILES string of the molecule is N#C/C(C(=O)O)=C1/C(=O)C2CCCC3CCCC1C32. The molecule has 3 fully saturated rings. The normalized spacial score (nSPS) is 39.4. The van der Waals surface area contributed by atoms with E-state index in [-0.39, 0.29) is 23.2 Å². The van der Waals surface area contributed by atoms with Crippen LogP contribution in [0.2, 0.25) is 0 Å². The molecule has 4 unspecified atom stereocenters. The highest BCUT2D eigenvalue weighted by Crippen LogP contribution is 2.55. The second-order valence-corrected chi connectivity index (χ2v) is 5.98. The van der Waals surface area contributed by atoms with E-state index in [9.17, 15) is 9.59 Å². The van der Waals surface area contributed by atoms with Crippen molar-refractivity contribution in [1.82, 2.24) is 0 Å². The van der Waals surface area contributed by atoms with Gasteiger partial charge in [-0.1, -0.05) is 25.7 Å². The van der Waals surface area contributed by atoms with E-state index in [1.165, 1.54) is 0 Å². The number of carboxylic acid groups (broad SMARTS) is 1. The molecule has 4 heteroatoms. The first-order valence-corrected chi connectivity index (χ1v) is 7.07. The third kappa shape index (κ3) is 1.72. The largest absolute Gasteiger partial charge is 0.477 e. The zero-order valence-electron chi connectivity index (χ0n) is 10.8. The van der Waals surface area contributed by atoms with Gasteiger partial charge in [-0.25, -0.2) is 4.79 Å². The van der Waals surface area contributed by atoms with Crippen LogP contribution in [0.5, 0.6) is 0 Å². The summed E-state index contributed by atoms with van der Waals surface area (Å²) in [6, 6.07) is 1.75. The lowest BCUT2D eigenvalue weighted by atomic mass is 9.64. The summed E-state index contributed by atoms with van der Waals surface area (Å²) in [4.78, 5) is 23.7. The molecule has 1 N–H and O–H groups in total. The van der Waals surface area contributed by atoms with Crippen LogP contribution < -0.4 is 0 Å². The first-order chi connectivity index (χ1) is 9.15. The Kier molecular flexibility index (Phi) is 2.93. The maximum atomic E-state index is 12.5. The molecule has 19 heavy (non-hydrogen) atoms. The minimum absolute atomic E-state index is 0.0123. The van der Waals surface area contributed by atoms with Gasteiger partial charge in [0.2, 0.25) is 0 Å². The molecule has 3 aliphatic rings. The summed E-state index contributed by atoms with van der Waals surface area (Å²) in [5, 5.41) is 18.2. The lowest BCUT2D eigenvalue weighted by Crippen LogP contribution is -2.33. The highest BCUT2D eigenvalue weighted by Gasteiger charge is 2.53. The number of hydrogen-bond donors (Lipinski definition) is 1. The molecule has 3 aliphatic carbocycles. The fourth-order valence-corrected chi connectivity index (χ4v) is 4.61. The van der Waals surface area contributed by atoms with Gasteiger partial charge in [-0.05, 0) is 30.6 Å². The Hall–Kier alpha value is -1.63. The summed E-state index contributed by atoms with van der Waals surface area (Å²) in [6.45, 7) is 0. The van der Waals surface area contributed by atoms with E-state index in [1.807, 2.05) is 0 Å². The first-order valence-electron chi connectivity index (χ1n) is 7.07.